The Hall–Kier alpha value is -2.24. The first-order valence-corrected chi connectivity index (χ1v) is 5.50. The fourth-order valence-corrected chi connectivity index (χ4v) is 1.37. The molecule has 0 aromatic heterocycles. The minimum Gasteiger partial charge on any atom is -0.495 e. The van der Waals surface area contributed by atoms with Gasteiger partial charge in [0.05, 0.1) is 12.8 Å². The van der Waals surface area contributed by atoms with Crippen LogP contribution in [0.5, 0.6) is 5.75 Å². The molecule has 2 amide bonds. The van der Waals surface area contributed by atoms with Crippen molar-refractivity contribution in [2.45, 2.75) is 6.92 Å². The molecule has 4 N–H and O–H groups in total. The van der Waals surface area contributed by atoms with Gasteiger partial charge in [0, 0.05) is 25.6 Å². The Labute approximate surface area is 105 Å². The summed E-state index contributed by atoms with van der Waals surface area (Å²) in [5, 5.41) is 5.26. The minimum atomic E-state index is -0.237. The van der Waals surface area contributed by atoms with Crippen LogP contribution in [0.3, 0.4) is 0 Å². The lowest BCUT2D eigenvalue weighted by Gasteiger charge is -2.08. The Morgan fingerprint density at radius 1 is 1.28 bits per heavy atom. The predicted molar refractivity (Wildman–Crippen MR) is 68.4 cm³/mol. The molecule has 0 saturated heterocycles. The number of amides is 2. The third-order valence-corrected chi connectivity index (χ3v) is 2.28. The van der Waals surface area contributed by atoms with Crippen molar-refractivity contribution in [3.8, 4) is 5.75 Å². The van der Waals surface area contributed by atoms with E-state index in [4.69, 9.17) is 10.5 Å². The van der Waals surface area contributed by atoms with Crippen molar-refractivity contribution < 1.29 is 14.3 Å². The molecule has 1 aromatic carbocycles. The number of carbonyl (C=O) groups excluding carboxylic acids is 2. The molecular weight excluding hydrogens is 234 g/mol. The molecule has 0 fully saturated rings. The number of nitrogens with two attached hydrogens (primary N) is 1. The summed E-state index contributed by atoms with van der Waals surface area (Å²) in [5.41, 5.74) is 6.59. The molecule has 6 nitrogen and oxygen atoms in total. The largest absolute Gasteiger partial charge is 0.495 e. The maximum Gasteiger partial charge on any atom is 0.251 e. The van der Waals surface area contributed by atoms with E-state index in [0.29, 0.717) is 30.1 Å². The van der Waals surface area contributed by atoms with Crippen LogP contribution in [0.25, 0.3) is 0 Å². The van der Waals surface area contributed by atoms with Gasteiger partial charge in [-0.3, -0.25) is 9.59 Å². The molecule has 0 unspecified atom stereocenters. The van der Waals surface area contributed by atoms with Gasteiger partial charge in [-0.2, -0.15) is 0 Å². The van der Waals surface area contributed by atoms with Crippen molar-refractivity contribution in [3.63, 3.8) is 0 Å². The Morgan fingerprint density at radius 2 is 1.94 bits per heavy atom. The van der Waals surface area contributed by atoms with Crippen molar-refractivity contribution in [1.82, 2.24) is 10.6 Å². The molecule has 1 aromatic rings. The summed E-state index contributed by atoms with van der Waals surface area (Å²) in [4.78, 5) is 22.4. The van der Waals surface area contributed by atoms with Gasteiger partial charge in [0.1, 0.15) is 5.75 Å². The maximum atomic E-state index is 11.7. The van der Waals surface area contributed by atoms with Gasteiger partial charge in [0.25, 0.3) is 5.91 Å². The van der Waals surface area contributed by atoms with Crippen LogP contribution in [0.2, 0.25) is 0 Å². The summed E-state index contributed by atoms with van der Waals surface area (Å²) < 4.78 is 5.03. The summed E-state index contributed by atoms with van der Waals surface area (Å²) in [6.07, 6.45) is 0. The van der Waals surface area contributed by atoms with Crippen molar-refractivity contribution in [3.05, 3.63) is 23.8 Å². The second-order valence-corrected chi connectivity index (χ2v) is 3.70. The van der Waals surface area contributed by atoms with Gasteiger partial charge < -0.3 is 21.1 Å². The van der Waals surface area contributed by atoms with E-state index in [1.807, 2.05) is 0 Å². The Balaban J connectivity index is 2.53. The molecule has 0 spiro atoms. The van der Waals surface area contributed by atoms with Gasteiger partial charge in [-0.05, 0) is 18.2 Å². The lowest BCUT2D eigenvalue weighted by atomic mass is 10.2. The molecule has 18 heavy (non-hydrogen) atoms. The molecule has 0 bridgehead atoms. The molecule has 0 heterocycles. The van der Waals surface area contributed by atoms with E-state index in [-0.39, 0.29) is 11.8 Å². The van der Waals surface area contributed by atoms with E-state index < -0.39 is 0 Å². The lowest BCUT2D eigenvalue weighted by Crippen LogP contribution is -2.33. The second kappa shape index (κ2) is 6.48. The topological polar surface area (TPSA) is 93.5 Å². The SMILES string of the molecule is COc1cc(C(=O)NCCNC(C)=O)ccc1N. The summed E-state index contributed by atoms with van der Waals surface area (Å²) in [7, 11) is 1.49. The van der Waals surface area contributed by atoms with Crippen LogP contribution in [-0.4, -0.2) is 32.0 Å². The fraction of sp³-hybridized carbons (Fsp3) is 0.333. The van der Waals surface area contributed by atoms with Gasteiger partial charge in [-0.15, -0.1) is 0 Å². The summed E-state index contributed by atoms with van der Waals surface area (Å²) in [6.45, 7) is 2.19. The maximum absolute atomic E-state index is 11.7. The molecule has 0 aliphatic carbocycles. The third kappa shape index (κ3) is 3.97. The zero-order chi connectivity index (χ0) is 13.5. The molecule has 0 saturated carbocycles. The van der Waals surface area contributed by atoms with Crippen molar-refractivity contribution in [2.75, 3.05) is 25.9 Å². The van der Waals surface area contributed by atoms with Crippen molar-refractivity contribution in [1.29, 1.82) is 0 Å². The smallest absolute Gasteiger partial charge is 0.251 e. The molecule has 0 aliphatic rings. The normalized spacial score (nSPS) is 9.67. The summed E-state index contributed by atoms with van der Waals surface area (Å²) in [6, 6.07) is 4.80. The van der Waals surface area contributed by atoms with Crippen LogP contribution >= 0.6 is 0 Å². The number of rotatable bonds is 5. The average Bonchev–Trinajstić information content (AvgIpc) is 2.34. The Bertz CT molecular complexity index is 446. The van der Waals surface area contributed by atoms with Crippen LogP contribution in [0, 0.1) is 0 Å². The molecular formula is C12H17N3O3. The summed E-state index contributed by atoms with van der Waals surface area (Å²) in [5.74, 6) is 0.0987. The number of anilines is 1. The second-order valence-electron chi connectivity index (χ2n) is 3.70. The number of benzene rings is 1. The Kier molecular flexibility index (Phi) is 4.98. The highest BCUT2D eigenvalue weighted by atomic mass is 16.5. The number of hydrogen-bond donors (Lipinski definition) is 3. The van der Waals surface area contributed by atoms with Crippen LogP contribution < -0.4 is 21.1 Å². The first-order valence-electron chi connectivity index (χ1n) is 5.50. The monoisotopic (exact) mass is 251 g/mol. The highest BCUT2D eigenvalue weighted by Crippen LogP contribution is 2.21. The van der Waals surface area contributed by atoms with E-state index in [0.717, 1.165) is 0 Å². The number of ether oxygens (including phenoxy) is 1. The molecule has 6 heteroatoms. The number of nitrogen functional groups attached to an aromatic ring is 1. The summed E-state index contributed by atoms with van der Waals surface area (Å²) >= 11 is 0. The third-order valence-electron chi connectivity index (χ3n) is 2.28. The Morgan fingerprint density at radius 3 is 2.56 bits per heavy atom. The van der Waals surface area contributed by atoms with Crippen LogP contribution in [-0.2, 0) is 4.79 Å². The minimum absolute atomic E-state index is 0.126. The first kappa shape index (κ1) is 13.8. The molecule has 1 rings (SSSR count). The molecule has 98 valence electrons. The van der Waals surface area contributed by atoms with Crippen molar-refractivity contribution >= 4 is 17.5 Å². The van der Waals surface area contributed by atoms with E-state index in [9.17, 15) is 9.59 Å². The van der Waals surface area contributed by atoms with Crippen LogP contribution in [0.15, 0.2) is 18.2 Å². The highest BCUT2D eigenvalue weighted by molar-refractivity contribution is 5.95. The lowest BCUT2D eigenvalue weighted by molar-refractivity contribution is -0.118. The van der Waals surface area contributed by atoms with E-state index in [2.05, 4.69) is 10.6 Å². The zero-order valence-corrected chi connectivity index (χ0v) is 10.4. The van der Waals surface area contributed by atoms with Gasteiger partial charge in [0.15, 0.2) is 0 Å². The molecule has 0 atom stereocenters. The number of hydrogen-bond acceptors (Lipinski definition) is 4. The van der Waals surface area contributed by atoms with Crippen molar-refractivity contribution in [2.24, 2.45) is 0 Å². The molecule has 0 aliphatic heterocycles. The average molecular weight is 251 g/mol. The van der Waals surface area contributed by atoms with Gasteiger partial charge in [-0.1, -0.05) is 0 Å². The number of nitrogens with one attached hydrogen (secondary N) is 2. The molecule has 0 radical (unpaired) electrons. The van der Waals surface area contributed by atoms with Crippen LogP contribution in [0.4, 0.5) is 5.69 Å². The van der Waals surface area contributed by atoms with E-state index in [1.54, 1.807) is 18.2 Å². The fourth-order valence-electron chi connectivity index (χ4n) is 1.37. The van der Waals surface area contributed by atoms with Crippen LogP contribution in [0.1, 0.15) is 17.3 Å². The van der Waals surface area contributed by atoms with Gasteiger partial charge >= 0.3 is 0 Å². The number of carbonyl (C=O) groups is 2. The first-order chi connectivity index (χ1) is 8.54. The van der Waals surface area contributed by atoms with E-state index in [1.165, 1.54) is 14.0 Å². The zero-order valence-electron chi connectivity index (χ0n) is 10.4. The van der Waals surface area contributed by atoms with Gasteiger partial charge in [0.2, 0.25) is 5.91 Å². The standard InChI is InChI=1S/C12H17N3O3/c1-8(16)14-5-6-15-12(17)9-3-4-10(13)11(7-9)18-2/h3-4,7H,5-6,13H2,1-2H3,(H,14,16)(H,15,17). The van der Waals surface area contributed by atoms with Gasteiger partial charge in [-0.25, -0.2) is 0 Å². The number of methoxy groups -OCH3 is 1. The predicted octanol–water partition coefficient (Wildman–Crippen LogP) is 0.143. The highest BCUT2D eigenvalue weighted by Gasteiger charge is 2.08. The van der Waals surface area contributed by atoms with E-state index >= 15 is 0 Å². The quantitative estimate of drug-likeness (QED) is 0.512.